The van der Waals surface area contributed by atoms with Crippen LogP contribution in [0, 0.1) is 5.92 Å². The summed E-state index contributed by atoms with van der Waals surface area (Å²) in [5.74, 6) is 0.605. The Kier molecular flexibility index (Phi) is 5.13. The van der Waals surface area contributed by atoms with Crippen molar-refractivity contribution < 1.29 is 22.3 Å². The zero-order valence-corrected chi connectivity index (χ0v) is 15.3. The molecule has 1 unspecified atom stereocenters. The molecular weight excluding hydrogens is 384 g/mol. The maximum atomic E-state index is 13.1. The van der Waals surface area contributed by atoms with Crippen molar-refractivity contribution >= 4 is 17.1 Å². The summed E-state index contributed by atoms with van der Waals surface area (Å²) < 4.78 is 55.3. The average Bonchev–Trinajstić information content (AvgIpc) is 3.09. The van der Waals surface area contributed by atoms with E-state index in [2.05, 4.69) is 14.7 Å². The molecule has 1 heterocycles. The van der Waals surface area contributed by atoms with Gasteiger partial charge in [-0.2, -0.15) is 0 Å². The molecule has 3 aromatic rings. The molecule has 0 radical (unpaired) electrons. The Labute approximate surface area is 164 Å². The number of nitrogens with zero attached hydrogens (tertiary/aromatic N) is 1. The smallest absolute Gasteiger partial charge is 0.405 e. The highest BCUT2D eigenvalue weighted by atomic mass is 19.4. The zero-order valence-electron chi connectivity index (χ0n) is 15.3. The molecule has 0 saturated heterocycles. The molecule has 0 amide bonds. The fourth-order valence-electron chi connectivity index (χ4n) is 3.42. The second kappa shape index (κ2) is 7.73. The van der Waals surface area contributed by atoms with Gasteiger partial charge in [0.2, 0.25) is 0 Å². The Morgan fingerprint density at radius 2 is 1.97 bits per heavy atom. The second-order valence-electron chi connectivity index (χ2n) is 6.94. The van der Waals surface area contributed by atoms with Crippen LogP contribution in [-0.4, -0.2) is 16.3 Å². The summed E-state index contributed by atoms with van der Waals surface area (Å²) in [5, 5.41) is 0. The van der Waals surface area contributed by atoms with Crippen LogP contribution in [-0.2, 0) is 0 Å². The van der Waals surface area contributed by atoms with E-state index < -0.39 is 6.36 Å². The van der Waals surface area contributed by atoms with E-state index >= 15 is 0 Å². The van der Waals surface area contributed by atoms with Crippen molar-refractivity contribution in [1.82, 2.24) is 9.97 Å². The quantitative estimate of drug-likeness (QED) is 0.488. The van der Waals surface area contributed by atoms with Gasteiger partial charge in [0, 0.05) is 5.56 Å². The van der Waals surface area contributed by atoms with Crippen LogP contribution < -0.4 is 4.74 Å². The van der Waals surface area contributed by atoms with Crippen LogP contribution in [0.2, 0.25) is 0 Å². The molecule has 4 rings (SSSR count). The number of rotatable bonds is 4. The van der Waals surface area contributed by atoms with E-state index in [0.717, 1.165) is 6.42 Å². The molecule has 1 atom stereocenters. The van der Waals surface area contributed by atoms with E-state index in [9.17, 15) is 17.6 Å². The number of ether oxygens (including phenoxy) is 1. The molecule has 1 aliphatic carbocycles. The number of fused-ring (bicyclic) bond motifs is 1. The van der Waals surface area contributed by atoms with Gasteiger partial charge in [-0.25, -0.2) is 9.37 Å². The van der Waals surface area contributed by atoms with E-state index in [4.69, 9.17) is 0 Å². The standard InChI is InChI=1S/C22H18F4N2O/c23-16-9-5-14(6-10-16)7-12-21-27-18-11-8-15(13-19(18)28-21)17-3-1-2-4-20(17)29-22(24,25)26/h1-4,7-9,11-14H,5-6,10H2,(H,27,28). The number of hydrogen-bond acceptors (Lipinski definition) is 2. The molecule has 0 bridgehead atoms. The minimum absolute atomic E-state index is 0.0549. The minimum Gasteiger partial charge on any atom is -0.405 e. The number of imidazole rings is 1. The number of aromatic nitrogens is 2. The Morgan fingerprint density at radius 1 is 1.14 bits per heavy atom. The van der Waals surface area contributed by atoms with Gasteiger partial charge < -0.3 is 9.72 Å². The maximum absolute atomic E-state index is 13.1. The summed E-state index contributed by atoms with van der Waals surface area (Å²) in [6.07, 6.45) is 2.61. The average molecular weight is 402 g/mol. The van der Waals surface area contributed by atoms with Crippen molar-refractivity contribution in [1.29, 1.82) is 0 Å². The molecule has 3 nitrogen and oxygen atoms in total. The maximum Gasteiger partial charge on any atom is 0.573 e. The number of benzene rings is 2. The van der Waals surface area contributed by atoms with Crippen LogP contribution in [0.4, 0.5) is 17.6 Å². The van der Waals surface area contributed by atoms with Gasteiger partial charge in [-0.3, -0.25) is 0 Å². The lowest BCUT2D eigenvalue weighted by molar-refractivity contribution is -0.274. The monoisotopic (exact) mass is 402 g/mol. The topological polar surface area (TPSA) is 37.9 Å². The van der Waals surface area contributed by atoms with Crippen LogP contribution in [0.1, 0.15) is 25.1 Å². The minimum atomic E-state index is -4.76. The molecule has 0 saturated carbocycles. The van der Waals surface area contributed by atoms with Gasteiger partial charge in [0.1, 0.15) is 11.6 Å². The Balaban J connectivity index is 1.60. The first kappa shape index (κ1) is 19.2. The van der Waals surface area contributed by atoms with Gasteiger partial charge in [-0.15, -0.1) is 13.2 Å². The number of alkyl halides is 3. The Bertz CT molecular complexity index is 1080. The molecule has 0 spiro atoms. The predicted octanol–water partition coefficient (Wildman–Crippen LogP) is 6.80. The van der Waals surface area contributed by atoms with Gasteiger partial charge in [0.05, 0.1) is 16.9 Å². The molecule has 1 aliphatic rings. The number of para-hydroxylation sites is 1. The second-order valence-corrected chi connectivity index (χ2v) is 6.94. The predicted molar refractivity (Wildman–Crippen MR) is 104 cm³/mol. The van der Waals surface area contributed by atoms with Crippen molar-refractivity contribution in [3.05, 3.63) is 66.3 Å². The first-order valence-corrected chi connectivity index (χ1v) is 9.25. The van der Waals surface area contributed by atoms with Crippen molar-refractivity contribution in [3.63, 3.8) is 0 Å². The molecule has 150 valence electrons. The molecule has 7 heteroatoms. The molecule has 2 aromatic carbocycles. The van der Waals surface area contributed by atoms with Crippen LogP contribution in [0.3, 0.4) is 0 Å². The Morgan fingerprint density at radius 3 is 2.72 bits per heavy atom. The summed E-state index contributed by atoms with van der Waals surface area (Å²) in [5.41, 5.74) is 2.34. The number of hydrogen-bond donors (Lipinski definition) is 1. The van der Waals surface area contributed by atoms with E-state index in [0.29, 0.717) is 40.8 Å². The largest absolute Gasteiger partial charge is 0.573 e. The lowest BCUT2D eigenvalue weighted by Crippen LogP contribution is -2.17. The molecule has 0 fully saturated rings. The molecule has 29 heavy (non-hydrogen) atoms. The van der Waals surface area contributed by atoms with E-state index in [1.165, 1.54) is 12.1 Å². The highest BCUT2D eigenvalue weighted by Crippen LogP contribution is 2.34. The van der Waals surface area contributed by atoms with Crippen molar-refractivity contribution in [2.75, 3.05) is 0 Å². The van der Waals surface area contributed by atoms with Crippen molar-refractivity contribution in [2.24, 2.45) is 5.92 Å². The normalized spacial score (nSPS) is 17.7. The van der Waals surface area contributed by atoms with Gasteiger partial charge in [0.25, 0.3) is 0 Å². The van der Waals surface area contributed by atoms with Gasteiger partial charge in [-0.05, 0) is 55.0 Å². The summed E-state index contributed by atoms with van der Waals surface area (Å²) in [6, 6.07) is 11.2. The highest BCUT2D eigenvalue weighted by Gasteiger charge is 2.32. The lowest BCUT2D eigenvalue weighted by atomic mass is 9.93. The molecular formula is C22H18F4N2O. The zero-order chi connectivity index (χ0) is 20.4. The summed E-state index contributed by atoms with van der Waals surface area (Å²) in [6.45, 7) is 0. The van der Waals surface area contributed by atoms with E-state index in [1.807, 2.05) is 12.2 Å². The Hall–Kier alpha value is -3.09. The fraction of sp³-hybridized carbons (Fsp3) is 0.227. The molecule has 1 aromatic heterocycles. The molecule has 1 N–H and O–H groups in total. The molecule has 0 aliphatic heterocycles. The van der Waals surface area contributed by atoms with Crippen LogP contribution in [0.5, 0.6) is 5.75 Å². The summed E-state index contributed by atoms with van der Waals surface area (Å²) in [7, 11) is 0. The fourth-order valence-corrected chi connectivity index (χ4v) is 3.42. The summed E-state index contributed by atoms with van der Waals surface area (Å²) >= 11 is 0. The number of allylic oxidation sites excluding steroid dienone is 3. The van der Waals surface area contributed by atoms with Gasteiger partial charge in [-0.1, -0.05) is 36.4 Å². The third-order valence-electron chi connectivity index (χ3n) is 4.85. The van der Waals surface area contributed by atoms with Crippen molar-refractivity contribution in [2.45, 2.75) is 25.6 Å². The van der Waals surface area contributed by atoms with E-state index in [1.54, 1.807) is 36.4 Å². The first-order valence-electron chi connectivity index (χ1n) is 9.25. The lowest BCUT2D eigenvalue weighted by Gasteiger charge is -2.14. The third-order valence-corrected chi connectivity index (χ3v) is 4.85. The van der Waals surface area contributed by atoms with E-state index in [-0.39, 0.29) is 17.5 Å². The third kappa shape index (κ3) is 4.67. The number of aromatic amines is 1. The number of halogens is 4. The van der Waals surface area contributed by atoms with Crippen LogP contribution >= 0.6 is 0 Å². The summed E-state index contributed by atoms with van der Waals surface area (Å²) in [4.78, 5) is 7.66. The van der Waals surface area contributed by atoms with Gasteiger partial charge >= 0.3 is 6.36 Å². The van der Waals surface area contributed by atoms with Crippen LogP contribution in [0.25, 0.3) is 28.2 Å². The highest BCUT2D eigenvalue weighted by molar-refractivity contribution is 5.84. The van der Waals surface area contributed by atoms with Gasteiger partial charge in [0.15, 0.2) is 0 Å². The first-order chi connectivity index (χ1) is 13.9. The number of H-pyrrole nitrogens is 1. The number of nitrogens with one attached hydrogen (secondary N) is 1. The SMILES string of the molecule is FC1=CCC(C=Cc2nc3ccc(-c4ccccc4OC(F)(F)F)cc3[nH]2)CC1. The van der Waals surface area contributed by atoms with Crippen LogP contribution in [0.15, 0.2) is 60.4 Å². The van der Waals surface area contributed by atoms with Crippen molar-refractivity contribution in [3.8, 4) is 16.9 Å².